The van der Waals surface area contributed by atoms with Gasteiger partial charge in [0.15, 0.2) is 0 Å². The van der Waals surface area contributed by atoms with Gasteiger partial charge in [0.1, 0.15) is 5.78 Å². The predicted octanol–water partition coefficient (Wildman–Crippen LogP) is 5.39. The van der Waals surface area contributed by atoms with Crippen molar-refractivity contribution in [3.63, 3.8) is 0 Å². The van der Waals surface area contributed by atoms with Gasteiger partial charge in [0.25, 0.3) is 0 Å². The van der Waals surface area contributed by atoms with Crippen molar-refractivity contribution in [3.05, 3.63) is 11.6 Å². The fraction of sp³-hybridized carbons (Fsp3) is 0.867. The van der Waals surface area contributed by atoms with Crippen LogP contribution in [-0.2, 0) is 9.59 Å². The Labute approximate surface area is 210 Å². The van der Waals surface area contributed by atoms with Crippen LogP contribution in [0.5, 0.6) is 0 Å². The Morgan fingerprint density at radius 3 is 2.31 bits per heavy atom. The molecule has 5 heteroatoms. The molecule has 35 heavy (non-hydrogen) atoms. The van der Waals surface area contributed by atoms with Gasteiger partial charge in [-0.2, -0.15) is 0 Å². The Morgan fingerprint density at radius 1 is 1.00 bits per heavy atom. The summed E-state index contributed by atoms with van der Waals surface area (Å²) in [5, 5.41) is 31.3. The van der Waals surface area contributed by atoms with Gasteiger partial charge in [-0.05, 0) is 92.3 Å². The lowest BCUT2D eigenvalue weighted by atomic mass is 9.33. The number of Topliss-reactive ketones (excluding diaryl/α,β-unsaturated/α-hetero) is 1. The molecule has 0 radical (unpaired) electrons. The number of ketones is 1. The Morgan fingerprint density at radius 2 is 1.69 bits per heavy atom. The first-order valence-corrected chi connectivity index (χ1v) is 13.9. The average molecular weight is 487 g/mol. The molecule has 5 aliphatic carbocycles. The van der Waals surface area contributed by atoms with E-state index in [-0.39, 0.29) is 46.9 Å². The SMILES string of the molecule is C[C@]1(C(=O)O)CC(=O)[C@]2(C)CC[C@]3(C)C(=CC[C@@H]4[C@@]5(C)CC[C@H](O)[C@](C)(CO)[C@@H]5CC[C@]43C)[C@@H]2C1. The molecule has 5 aliphatic rings. The van der Waals surface area contributed by atoms with Crippen molar-refractivity contribution in [3.8, 4) is 0 Å². The quantitative estimate of drug-likeness (QED) is 0.455. The summed E-state index contributed by atoms with van der Waals surface area (Å²) in [5.74, 6) is -0.0127. The monoisotopic (exact) mass is 486 g/mol. The normalized spacial score (nSPS) is 55.7. The summed E-state index contributed by atoms with van der Waals surface area (Å²) in [6, 6.07) is 0. The van der Waals surface area contributed by atoms with Crippen molar-refractivity contribution in [2.75, 3.05) is 6.61 Å². The van der Waals surface area contributed by atoms with E-state index in [1.54, 1.807) is 6.92 Å². The highest BCUT2D eigenvalue weighted by atomic mass is 16.4. The summed E-state index contributed by atoms with van der Waals surface area (Å²) in [4.78, 5) is 25.7. The zero-order chi connectivity index (χ0) is 25.8. The fourth-order valence-electron chi connectivity index (χ4n) is 10.5. The molecule has 0 spiro atoms. The highest BCUT2D eigenvalue weighted by Gasteiger charge is 2.69. The highest BCUT2D eigenvalue weighted by Crippen LogP contribution is 2.75. The molecule has 3 N–H and O–H groups in total. The second-order valence-corrected chi connectivity index (χ2v) is 14.7. The average Bonchev–Trinajstić information content (AvgIpc) is 2.79. The van der Waals surface area contributed by atoms with E-state index in [0.29, 0.717) is 12.3 Å². The van der Waals surface area contributed by atoms with Crippen molar-refractivity contribution in [1.29, 1.82) is 0 Å². The number of hydrogen-bond donors (Lipinski definition) is 3. The van der Waals surface area contributed by atoms with Crippen LogP contribution < -0.4 is 0 Å². The van der Waals surface area contributed by atoms with Crippen molar-refractivity contribution in [2.45, 2.75) is 105 Å². The summed E-state index contributed by atoms with van der Waals surface area (Å²) in [6.07, 6.45) is 9.13. The predicted molar refractivity (Wildman–Crippen MR) is 134 cm³/mol. The molecule has 5 nitrogen and oxygen atoms in total. The first-order chi connectivity index (χ1) is 16.1. The second-order valence-electron chi connectivity index (χ2n) is 14.7. The number of allylic oxidation sites excluding steroid dienone is 2. The molecule has 5 rings (SSSR count). The lowest BCUT2D eigenvalue weighted by molar-refractivity contribution is -0.215. The molecule has 196 valence electrons. The van der Waals surface area contributed by atoms with Gasteiger partial charge in [-0.3, -0.25) is 9.59 Å². The summed E-state index contributed by atoms with van der Waals surface area (Å²) in [7, 11) is 0. The molecule has 4 saturated carbocycles. The second kappa shape index (κ2) is 7.43. The summed E-state index contributed by atoms with van der Waals surface area (Å²) in [6.45, 7) is 13.3. The topological polar surface area (TPSA) is 94.8 Å². The third-order valence-corrected chi connectivity index (χ3v) is 13.3. The maximum absolute atomic E-state index is 13.4. The van der Waals surface area contributed by atoms with Gasteiger partial charge in [0, 0.05) is 17.3 Å². The summed E-state index contributed by atoms with van der Waals surface area (Å²) < 4.78 is 0. The van der Waals surface area contributed by atoms with E-state index in [9.17, 15) is 24.9 Å². The van der Waals surface area contributed by atoms with E-state index in [1.165, 1.54) is 5.57 Å². The molecule has 0 aromatic carbocycles. The number of carbonyl (C=O) groups is 2. The number of aliphatic carboxylic acids is 1. The lowest BCUT2D eigenvalue weighted by Crippen LogP contribution is -2.66. The molecule has 0 unspecified atom stereocenters. The van der Waals surface area contributed by atoms with Gasteiger partial charge in [-0.25, -0.2) is 0 Å². The minimum atomic E-state index is -0.996. The van der Waals surface area contributed by atoms with Gasteiger partial charge >= 0.3 is 5.97 Å². The van der Waals surface area contributed by atoms with Crippen LogP contribution in [0.1, 0.15) is 99.3 Å². The Balaban J connectivity index is 1.59. The molecule has 0 amide bonds. The maximum atomic E-state index is 13.4. The number of hydrogen-bond acceptors (Lipinski definition) is 4. The number of aliphatic hydroxyl groups is 2. The molecule has 0 aromatic rings. The zero-order valence-electron chi connectivity index (χ0n) is 22.6. The Kier molecular flexibility index (Phi) is 5.40. The van der Waals surface area contributed by atoms with Crippen molar-refractivity contribution in [2.24, 2.45) is 50.2 Å². The number of aliphatic hydroxyl groups excluding tert-OH is 2. The minimum Gasteiger partial charge on any atom is -0.481 e. The Bertz CT molecular complexity index is 987. The van der Waals surface area contributed by atoms with E-state index >= 15 is 0 Å². The smallest absolute Gasteiger partial charge is 0.309 e. The molecule has 0 aromatic heterocycles. The number of rotatable bonds is 2. The van der Waals surface area contributed by atoms with Crippen LogP contribution in [0.2, 0.25) is 0 Å². The third-order valence-electron chi connectivity index (χ3n) is 13.3. The van der Waals surface area contributed by atoms with Crippen molar-refractivity contribution < 1.29 is 24.9 Å². The van der Waals surface area contributed by atoms with Gasteiger partial charge in [-0.1, -0.05) is 46.3 Å². The van der Waals surface area contributed by atoms with E-state index in [1.807, 2.05) is 0 Å². The van der Waals surface area contributed by atoms with Gasteiger partial charge in [0.05, 0.1) is 18.1 Å². The largest absolute Gasteiger partial charge is 0.481 e. The van der Waals surface area contributed by atoms with Crippen LogP contribution in [0.3, 0.4) is 0 Å². The number of carbonyl (C=O) groups excluding carboxylic acids is 1. The number of fused-ring (bicyclic) bond motifs is 7. The molecule has 0 saturated heterocycles. The van der Waals surface area contributed by atoms with Crippen LogP contribution in [-0.4, -0.2) is 39.8 Å². The van der Waals surface area contributed by atoms with E-state index in [0.717, 1.165) is 44.9 Å². The van der Waals surface area contributed by atoms with Crippen LogP contribution in [0, 0.1) is 50.2 Å². The van der Waals surface area contributed by atoms with E-state index in [4.69, 9.17) is 0 Å². The van der Waals surface area contributed by atoms with Gasteiger partial charge in [-0.15, -0.1) is 0 Å². The van der Waals surface area contributed by atoms with Gasteiger partial charge < -0.3 is 15.3 Å². The first-order valence-electron chi connectivity index (χ1n) is 13.9. The van der Waals surface area contributed by atoms with Crippen LogP contribution in [0.25, 0.3) is 0 Å². The molecular weight excluding hydrogens is 440 g/mol. The molecule has 0 aliphatic heterocycles. The Hall–Kier alpha value is -1.20. The molecule has 0 heterocycles. The molecule has 4 fully saturated rings. The minimum absolute atomic E-state index is 0.0113. The van der Waals surface area contributed by atoms with Crippen LogP contribution in [0.15, 0.2) is 11.6 Å². The third kappa shape index (κ3) is 2.94. The maximum Gasteiger partial charge on any atom is 0.309 e. The van der Waals surface area contributed by atoms with E-state index in [2.05, 4.69) is 40.7 Å². The van der Waals surface area contributed by atoms with Crippen LogP contribution in [0.4, 0.5) is 0 Å². The van der Waals surface area contributed by atoms with E-state index < -0.39 is 28.3 Å². The van der Waals surface area contributed by atoms with Crippen molar-refractivity contribution in [1.82, 2.24) is 0 Å². The first kappa shape index (κ1) is 25.4. The molecule has 10 atom stereocenters. The highest BCUT2D eigenvalue weighted by molar-refractivity contribution is 5.92. The molecule has 0 bridgehead atoms. The molecular formula is C30H46O5. The zero-order valence-corrected chi connectivity index (χ0v) is 22.6. The lowest BCUT2D eigenvalue weighted by Gasteiger charge is -2.71. The van der Waals surface area contributed by atoms with Crippen molar-refractivity contribution >= 4 is 11.8 Å². The number of carboxylic acid groups (broad SMARTS) is 1. The fourth-order valence-corrected chi connectivity index (χ4v) is 10.5. The van der Waals surface area contributed by atoms with Gasteiger partial charge in [0.2, 0.25) is 0 Å². The summed E-state index contributed by atoms with van der Waals surface area (Å²) in [5.41, 5.74) is -0.566. The van der Waals surface area contributed by atoms with Crippen LogP contribution >= 0.6 is 0 Å². The standard InChI is InChI=1S/C30H46O5/c1-25(24(34)35)15-19-18-7-8-21-27(3)11-10-22(32)28(4,17-31)20(27)9-12-30(21,6)29(18,5)14-13-26(19,2)23(33)16-25/h7,19-22,31-32H,8-17H2,1-6H3,(H,34,35)/t19-,20+,21+,22-,25+,26+,27-,28+,29+,30+/m0/s1. The summed E-state index contributed by atoms with van der Waals surface area (Å²) >= 11 is 0. The number of carboxylic acids is 1.